The SMILES string of the molecule is COc1ncc(Br)c(N)c1C#CSI. The van der Waals surface area contributed by atoms with Crippen LogP contribution in [-0.4, -0.2) is 12.1 Å². The monoisotopic (exact) mass is 384 g/mol. The summed E-state index contributed by atoms with van der Waals surface area (Å²) in [6.45, 7) is 0. The summed E-state index contributed by atoms with van der Waals surface area (Å²) in [5.41, 5.74) is 6.99. The molecule has 0 aromatic carbocycles. The topological polar surface area (TPSA) is 48.1 Å². The molecule has 0 radical (unpaired) electrons. The highest BCUT2D eigenvalue weighted by molar-refractivity contribution is 14.2. The number of nitrogen functional groups attached to an aromatic ring is 1. The van der Waals surface area contributed by atoms with Gasteiger partial charge in [-0.05, 0) is 36.0 Å². The van der Waals surface area contributed by atoms with Crippen LogP contribution in [0.15, 0.2) is 10.7 Å². The van der Waals surface area contributed by atoms with E-state index in [0.29, 0.717) is 17.1 Å². The molecular formula is C8H6BrIN2OS. The van der Waals surface area contributed by atoms with Gasteiger partial charge in [-0.3, -0.25) is 0 Å². The van der Waals surface area contributed by atoms with Crippen molar-refractivity contribution in [1.29, 1.82) is 0 Å². The Bertz CT molecular complexity index is 402. The Morgan fingerprint density at radius 2 is 2.43 bits per heavy atom. The molecule has 1 heterocycles. The minimum atomic E-state index is 0.448. The highest BCUT2D eigenvalue weighted by atomic mass is 127. The van der Waals surface area contributed by atoms with Crippen molar-refractivity contribution in [3.8, 4) is 17.1 Å². The van der Waals surface area contributed by atoms with Crippen LogP contribution in [0, 0.1) is 11.2 Å². The molecule has 0 unspecified atom stereocenters. The molecule has 3 nitrogen and oxygen atoms in total. The van der Waals surface area contributed by atoms with Gasteiger partial charge in [0.1, 0.15) is 5.56 Å². The van der Waals surface area contributed by atoms with Crippen molar-refractivity contribution in [2.45, 2.75) is 0 Å². The van der Waals surface area contributed by atoms with E-state index in [2.05, 4.69) is 53.3 Å². The fraction of sp³-hybridized carbons (Fsp3) is 0.125. The molecule has 74 valence electrons. The third-order valence-corrected chi connectivity index (χ3v) is 2.92. The van der Waals surface area contributed by atoms with Crippen molar-refractivity contribution >= 4 is 51.8 Å². The number of methoxy groups -OCH3 is 1. The number of pyridine rings is 1. The van der Waals surface area contributed by atoms with Crippen LogP contribution in [0.4, 0.5) is 5.69 Å². The normalized spacial score (nSPS) is 9.07. The van der Waals surface area contributed by atoms with Crippen molar-refractivity contribution in [2.24, 2.45) is 0 Å². The van der Waals surface area contributed by atoms with Crippen LogP contribution in [0.1, 0.15) is 5.56 Å². The number of hydrogen-bond donors (Lipinski definition) is 1. The third kappa shape index (κ3) is 2.68. The molecule has 0 aliphatic heterocycles. The summed E-state index contributed by atoms with van der Waals surface area (Å²) in [5, 5.41) is 2.84. The molecule has 0 aliphatic rings. The summed E-state index contributed by atoms with van der Waals surface area (Å²) in [6.07, 6.45) is 1.59. The second-order valence-electron chi connectivity index (χ2n) is 2.21. The van der Waals surface area contributed by atoms with Crippen molar-refractivity contribution in [3.05, 3.63) is 16.2 Å². The zero-order chi connectivity index (χ0) is 10.6. The third-order valence-electron chi connectivity index (χ3n) is 1.44. The first-order valence-corrected chi connectivity index (χ1v) is 7.62. The van der Waals surface area contributed by atoms with E-state index in [1.165, 1.54) is 16.0 Å². The summed E-state index contributed by atoms with van der Waals surface area (Å²) >= 11 is 5.37. The molecule has 0 spiro atoms. The highest BCUT2D eigenvalue weighted by Crippen LogP contribution is 2.28. The molecule has 0 saturated carbocycles. The van der Waals surface area contributed by atoms with Crippen molar-refractivity contribution in [3.63, 3.8) is 0 Å². The average Bonchev–Trinajstić information content (AvgIpc) is 2.20. The van der Waals surface area contributed by atoms with Gasteiger partial charge in [-0.1, -0.05) is 0 Å². The van der Waals surface area contributed by atoms with E-state index < -0.39 is 0 Å². The maximum atomic E-state index is 5.82. The van der Waals surface area contributed by atoms with Gasteiger partial charge < -0.3 is 10.5 Å². The minimum absolute atomic E-state index is 0.448. The van der Waals surface area contributed by atoms with Crippen LogP contribution in [-0.2, 0) is 0 Å². The van der Waals surface area contributed by atoms with Crippen LogP contribution in [0.3, 0.4) is 0 Å². The van der Waals surface area contributed by atoms with Crippen LogP contribution in [0.25, 0.3) is 0 Å². The lowest BCUT2D eigenvalue weighted by Gasteiger charge is -2.05. The quantitative estimate of drug-likeness (QED) is 0.597. The highest BCUT2D eigenvalue weighted by Gasteiger charge is 2.09. The first-order chi connectivity index (χ1) is 6.70. The number of anilines is 1. The van der Waals surface area contributed by atoms with E-state index in [1.807, 2.05) is 0 Å². The van der Waals surface area contributed by atoms with Gasteiger partial charge in [0.25, 0.3) is 0 Å². The molecule has 0 aliphatic carbocycles. The zero-order valence-electron chi connectivity index (χ0n) is 7.17. The number of ether oxygens (including phenoxy) is 1. The van der Waals surface area contributed by atoms with Gasteiger partial charge in [0.05, 0.1) is 17.3 Å². The van der Waals surface area contributed by atoms with E-state index in [0.717, 1.165) is 4.47 Å². The Balaban J connectivity index is 3.28. The molecule has 0 saturated heterocycles. The molecule has 1 aromatic heterocycles. The molecule has 1 rings (SSSR count). The Labute approximate surface area is 107 Å². The lowest BCUT2D eigenvalue weighted by Crippen LogP contribution is -1.98. The van der Waals surface area contributed by atoms with Crippen molar-refractivity contribution in [1.82, 2.24) is 4.98 Å². The summed E-state index contributed by atoms with van der Waals surface area (Å²) in [6, 6.07) is 0. The molecule has 0 amide bonds. The summed E-state index contributed by atoms with van der Waals surface area (Å²) in [7, 11) is 2.92. The van der Waals surface area contributed by atoms with Crippen molar-refractivity contribution < 1.29 is 4.74 Å². The second-order valence-corrected chi connectivity index (χ2v) is 4.74. The Morgan fingerprint density at radius 3 is 3.00 bits per heavy atom. The summed E-state index contributed by atoms with van der Waals surface area (Å²) in [4.78, 5) is 4.05. The summed E-state index contributed by atoms with van der Waals surface area (Å²) < 4.78 is 5.78. The number of hydrogen-bond acceptors (Lipinski definition) is 4. The molecular weight excluding hydrogens is 379 g/mol. The van der Waals surface area contributed by atoms with Crippen molar-refractivity contribution in [2.75, 3.05) is 12.8 Å². The smallest absolute Gasteiger partial charge is 0.231 e. The minimum Gasteiger partial charge on any atom is -0.480 e. The predicted octanol–water partition coefficient (Wildman–Crippen LogP) is 2.83. The van der Waals surface area contributed by atoms with Crippen LogP contribution < -0.4 is 10.5 Å². The standard InChI is InChI=1S/C8H6BrIN2OS/c1-13-8-5(2-3-14-10)7(11)6(9)4-12-8/h4H,1H3,(H2,11,12). The molecule has 0 atom stereocenters. The second kappa shape index (κ2) is 5.68. The first-order valence-electron chi connectivity index (χ1n) is 3.47. The molecule has 2 N–H and O–H groups in total. The van der Waals surface area contributed by atoms with E-state index in [1.54, 1.807) is 6.20 Å². The molecule has 6 heteroatoms. The fourth-order valence-electron chi connectivity index (χ4n) is 0.830. The number of rotatable bonds is 1. The van der Waals surface area contributed by atoms with Gasteiger partial charge in [-0.15, -0.1) is 0 Å². The van der Waals surface area contributed by atoms with E-state index in [4.69, 9.17) is 10.5 Å². The van der Waals surface area contributed by atoms with Gasteiger partial charge in [-0.2, -0.15) is 0 Å². The van der Waals surface area contributed by atoms with Gasteiger partial charge in [0.15, 0.2) is 0 Å². The lowest BCUT2D eigenvalue weighted by atomic mass is 10.2. The molecule has 0 bridgehead atoms. The fourth-order valence-corrected chi connectivity index (χ4v) is 1.60. The maximum Gasteiger partial charge on any atom is 0.231 e. The maximum absolute atomic E-state index is 5.82. The van der Waals surface area contributed by atoms with Crippen LogP contribution in [0.5, 0.6) is 5.88 Å². The largest absolute Gasteiger partial charge is 0.480 e. The van der Waals surface area contributed by atoms with E-state index in [9.17, 15) is 0 Å². The first kappa shape index (κ1) is 11.9. The number of aromatic nitrogens is 1. The average molecular weight is 385 g/mol. The molecule has 14 heavy (non-hydrogen) atoms. The molecule has 1 aromatic rings. The van der Waals surface area contributed by atoms with Crippen LogP contribution >= 0.6 is 46.1 Å². The summed E-state index contributed by atoms with van der Waals surface area (Å²) in [5.74, 6) is 3.33. The Hall–Kier alpha value is -0.130. The lowest BCUT2D eigenvalue weighted by molar-refractivity contribution is 0.397. The van der Waals surface area contributed by atoms with E-state index >= 15 is 0 Å². The van der Waals surface area contributed by atoms with Gasteiger partial charge in [0.2, 0.25) is 5.88 Å². The van der Waals surface area contributed by atoms with Gasteiger partial charge in [0, 0.05) is 27.4 Å². The van der Waals surface area contributed by atoms with Gasteiger partial charge in [-0.25, -0.2) is 4.98 Å². The number of nitrogens with two attached hydrogens (primary N) is 1. The predicted molar refractivity (Wildman–Crippen MR) is 71.4 cm³/mol. The van der Waals surface area contributed by atoms with Crippen LogP contribution in [0.2, 0.25) is 0 Å². The van der Waals surface area contributed by atoms with Gasteiger partial charge >= 0.3 is 0 Å². The molecule has 0 fully saturated rings. The van der Waals surface area contributed by atoms with E-state index in [-0.39, 0.29) is 0 Å². The number of nitrogens with zero attached hydrogens (tertiary/aromatic N) is 1. The Kier molecular flexibility index (Phi) is 4.84. The Morgan fingerprint density at radius 1 is 1.71 bits per heavy atom. The number of halogens is 2. The zero-order valence-corrected chi connectivity index (χ0v) is 11.7.